The van der Waals surface area contributed by atoms with Gasteiger partial charge in [0.2, 0.25) is 0 Å². The zero-order valence-electron chi connectivity index (χ0n) is 29.2. The molecule has 0 saturated carbocycles. The van der Waals surface area contributed by atoms with Crippen LogP contribution in [0.3, 0.4) is 0 Å². The summed E-state index contributed by atoms with van der Waals surface area (Å²) in [5.41, 5.74) is 10.6. The Labute approximate surface area is 293 Å². The van der Waals surface area contributed by atoms with Crippen molar-refractivity contribution >= 4 is 27.3 Å². The largest absolute Gasteiger partial charge is 0.295 e. The summed E-state index contributed by atoms with van der Waals surface area (Å²) < 4.78 is 2.51. The van der Waals surface area contributed by atoms with Gasteiger partial charge in [-0.15, -0.1) is 0 Å². The Kier molecular flexibility index (Phi) is 6.67. The number of nitrogens with zero attached hydrogens (tertiary/aromatic N) is 4. The third-order valence-electron chi connectivity index (χ3n) is 12.0. The molecule has 4 aromatic heterocycles. The van der Waals surface area contributed by atoms with E-state index in [9.17, 15) is 0 Å². The maximum atomic E-state index is 5.79. The Morgan fingerprint density at radius 1 is 0.600 bits per heavy atom. The molecule has 4 nitrogen and oxygen atoms in total. The van der Waals surface area contributed by atoms with Crippen molar-refractivity contribution < 1.29 is 0 Å². The normalized spacial score (nSPS) is 16.5. The molecule has 0 bridgehead atoms. The summed E-state index contributed by atoms with van der Waals surface area (Å²) in [5.74, 6) is -0.135. The second-order valence-corrected chi connectivity index (χ2v) is 15.0. The fraction of sp³-hybridized carbons (Fsp3) is 0.196. The molecular formula is C46H40N4. The van der Waals surface area contributed by atoms with Gasteiger partial charge in [0.1, 0.15) is 5.65 Å². The van der Waals surface area contributed by atoms with Crippen LogP contribution in [-0.2, 0) is 16.2 Å². The molecule has 50 heavy (non-hydrogen) atoms. The summed E-state index contributed by atoms with van der Waals surface area (Å²) >= 11 is 0. The first kappa shape index (κ1) is 30.4. The van der Waals surface area contributed by atoms with Crippen LogP contribution in [0.5, 0.6) is 0 Å². The second-order valence-electron chi connectivity index (χ2n) is 15.0. The molecule has 1 aliphatic heterocycles. The van der Waals surface area contributed by atoms with Gasteiger partial charge in [-0.25, -0.2) is 4.98 Å². The highest BCUT2D eigenvalue weighted by molar-refractivity contribution is 6.13. The van der Waals surface area contributed by atoms with E-state index in [1.807, 2.05) is 24.5 Å². The van der Waals surface area contributed by atoms with E-state index in [0.29, 0.717) is 0 Å². The van der Waals surface area contributed by atoms with Crippen LogP contribution >= 0.6 is 0 Å². The van der Waals surface area contributed by atoms with Crippen molar-refractivity contribution in [2.75, 3.05) is 0 Å². The third kappa shape index (κ3) is 4.14. The molecule has 4 aromatic carbocycles. The molecule has 0 spiro atoms. The minimum atomic E-state index is -0.485. The molecule has 0 saturated heterocycles. The minimum Gasteiger partial charge on any atom is -0.295 e. The van der Waals surface area contributed by atoms with E-state index < -0.39 is 5.41 Å². The summed E-state index contributed by atoms with van der Waals surface area (Å²) in [6.45, 7) is 11.9. The molecule has 0 radical (unpaired) electrons. The molecule has 0 N–H and O–H groups in total. The number of imidazole rings is 1. The fourth-order valence-electron chi connectivity index (χ4n) is 8.60. The topological polar surface area (TPSA) is 43.1 Å². The smallest absolute Gasteiger partial charge is 0.145 e. The molecule has 9 rings (SSSR count). The van der Waals surface area contributed by atoms with Crippen LogP contribution < -0.4 is 0 Å². The van der Waals surface area contributed by atoms with E-state index in [4.69, 9.17) is 15.0 Å². The van der Waals surface area contributed by atoms with E-state index in [2.05, 4.69) is 160 Å². The lowest BCUT2D eigenvalue weighted by Gasteiger charge is -2.46. The van der Waals surface area contributed by atoms with Gasteiger partial charge in [-0.2, -0.15) is 0 Å². The first-order valence-corrected chi connectivity index (χ1v) is 17.6. The Bertz CT molecular complexity index is 2450. The Morgan fingerprint density at radius 3 is 2.00 bits per heavy atom. The highest BCUT2D eigenvalue weighted by atomic mass is 15.1. The summed E-state index contributed by atoms with van der Waals surface area (Å²) in [4.78, 5) is 15.7. The zero-order chi connectivity index (χ0) is 34.3. The number of hydrogen-bond donors (Lipinski definition) is 0. The van der Waals surface area contributed by atoms with Crippen LogP contribution in [0.15, 0.2) is 146 Å². The highest BCUT2D eigenvalue weighted by Gasteiger charge is 2.49. The quantitative estimate of drug-likeness (QED) is 0.169. The average molecular weight is 649 g/mol. The number of hydrogen-bond acceptors (Lipinski definition) is 3. The number of rotatable bonds is 6. The molecule has 0 amide bonds. The number of aromatic nitrogens is 4. The van der Waals surface area contributed by atoms with Crippen LogP contribution in [-0.4, -0.2) is 19.4 Å². The van der Waals surface area contributed by atoms with Crippen LogP contribution in [0.1, 0.15) is 85.6 Å². The van der Waals surface area contributed by atoms with Gasteiger partial charge in [0, 0.05) is 34.0 Å². The molecule has 1 unspecified atom stereocenters. The van der Waals surface area contributed by atoms with Crippen molar-refractivity contribution in [1.82, 2.24) is 19.4 Å². The van der Waals surface area contributed by atoms with E-state index in [1.165, 1.54) is 44.2 Å². The molecule has 1 aliphatic rings. The third-order valence-corrected chi connectivity index (χ3v) is 12.0. The van der Waals surface area contributed by atoms with Crippen molar-refractivity contribution in [3.05, 3.63) is 191 Å². The van der Waals surface area contributed by atoms with Crippen LogP contribution in [0.25, 0.3) is 27.3 Å². The number of benzene rings is 4. The van der Waals surface area contributed by atoms with Gasteiger partial charge in [-0.1, -0.05) is 131 Å². The Balaban J connectivity index is 1.44. The number of para-hydroxylation sites is 1. The number of fused-ring (bicyclic) bond motifs is 3. The van der Waals surface area contributed by atoms with Crippen LogP contribution in [0, 0.1) is 0 Å². The van der Waals surface area contributed by atoms with Crippen molar-refractivity contribution in [3.8, 4) is 0 Å². The van der Waals surface area contributed by atoms with Crippen LogP contribution in [0.2, 0.25) is 0 Å². The molecule has 4 heteroatoms. The van der Waals surface area contributed by atoms with E-state index in [0.717, 1.165) is 28.1 Å². The SMILES string of the molecule is CC(c1ccccc1)(c1ccc2c(c1)c1nc([C@@H](c3ccccc3)c3ccccn3)c3n1c1c(cccc21)C(C)(C)C3(C)C)c1ccccn1. The maximum absolute atomic E-state index is 5.79. The van der Waals surface area contributed by atoms with E-state index in [-0.39, 0.29) is 16.7 Å². The Hall–Kier alpha value is -5.61. The Morgan fingerprint density at radius 2 is 1.30 bits per heavy atom. The monoisotopic (exact) mass is 648 g/mol. The van der Waals surface area contributed by atoms with Gasteiger partial charge in [-0.05, 0) is 64.9 Å². The zero-order valence-corrected chi connectivity index (χ0v) is 29.2. The van der Waals surface area contributed by atoms with Crippen molar-refractivity contribution in [2.24, 2.45) is 0 Å². The van der Waals surface area contributed by atoms with Gasteiger partial charge < -0.3 is 0 Å². The summed E-state index contributed by atoms with van der Waals surface area (Å²) in [6.07, 6.45) is 3.80. The number of pyridine rings is 3. The van der Waals surface area contributed by atoms with Gasteiger partial charge in [-0.3, -0.25) is 14.4 Å². The van der Waals surface area contributed by atoms with Crippen molar-refractivity contribution in [1.29, 1.82) is 0 Å². The van der Waals surface area contributed by atoms with Gasteiger partial charge >= 0.3 is 0 Å². The van der Waals surface area contributed by atoms with Crippen LogP contribution in [0.4, 0.5) is 0 Å². The minimum absolute atomic E-state index is 0.135. The summed E-state index contributed by atoms with van der Waals surface area (Å²) in [7, 11) is 0. The molecule has 244 valence electrons. The molecule has 0 aliphatic carbocycles. The molecule has 0 fully saturated rings. The predicted molar refractivity (Wildman–Crippen MR) is 204 cm³/mol. The van der Waals surface area contributed by atoms with Gasteiger partial charge in [0.25, 0.3) is 0 Å². The lowest BCUT2D eigenvalue weighted by molar-refractivity contribution is 0.286. The van der Waals surface area contributed by atoms with Gasteiger partial charge in [0.05, 0.1) is 39.6 Å². The lowest BCUT2D eigenvalue weighted by Crippen LogP contribution is -2.45. The molecule has 2 atom stereocenters. The molecule has 5 heterocycles. The maximum Gasteiger partial charge on any atom is 0.145 e. The first-order chi connectivity index (χ1) is 24.2. The van der Waals surface area contributed by atoms with Crippen molar-refractivity contribution in [2.45, 2.75) is 56.8 Å². The summed E-state index contributed by atoms with van der Waals surface area (Å²) in [5, 5.41) is 3.60. The van der Waals surface area contributed by atoms with E-state index >= 15 is 0 Å². The standard InChI is InChI=1S/C46H40N4/c1-44(2)36-22-16-21-34-33-26-25-32(46(5,31-19-10-7-11-20-31)38-24-13-15-28-48-38)29-35(33)43-49-40(42(45(44,3)4)50(43)41(34)36)39(30-17-8-6-9-18-30)37-23-12-14-27-47-37/h6-29,39H,1-5H3/t39-,46?/m0/s1. The fourth-order valence-corrected chi connectivity index (χ4v) is 8.60. The lowest BCUT2D eigenvalue weighted by atomic mass is 9.59. The predicted octanol–water partition coefficient (Wildman–Crippen LogP) is 10.5. The van der Waals surface area contributed by atoms with E-state index in [1.54, 1.807) is 0 Å². The first-order valence-electron chi connectivity index (χ1n) is 17.6. The molecule has 8 aromatic rings. The summed E-state index contributed by atoms with van der Waals surface area (Å²) in [6, 6.07) is 47.8. The second kappa shape index (κ2) is 10.9. The van der Waals surface area contributed by atoms with Gasteiger partial charge in [0.15, 0.2) is 0 Å². The van der Waals surface area contributed by atoms with Crippen molar-refractivity contribution in [3.63, 3.8) is 0 Å². The molecular weight excluding hydrogens is 609 g/mol. The highest BCUT2D eigenvalue weighted by Crippen LogP contribution is 2.54. The average Bonchev–Trinajstić information content (AvgIpc) is 3.57.